The first kappa shape index (κ1) is 16.1. The number of nitrogens with one attached hydrogen (secondary N) is 1. The maximum atomic E-state index is 12.3. The average molecular weight is 313 g/mol. The zero-order chi connectivity index (χ0) is 16.1. The normalized spacial score (nSPS) is 22.5. The van der Waals surface area contributed by atoms with E-state index in [0.29, 0.717) is 12.0 Å². The van der Waals surface area contributed by atoms with Crippen LogP contribution in [0.5, 0.6) is 0 Å². The van der Waals surface area contributed by atoms with Crippen molar-refractivity contribution in [3.63, 3.8) is 0 Å². The van der Waals surface area contributed by atoms with Crippen LogP contribution >= 0.6 is 0 Å². The van der Waals surface area contributed by atoms with Gasteiger partial charge < -0.3 is 10.2 Å². The second kappa shape index (κ2) is 7.64. The van der Waals surface area contributed by atoms with Gasteiger partial charge in [-0.05, 0) is 24.3 Å². The first-order chi connectivity index (χ1) is 11.2. The van der Waals surface area contributed by atoms with Crippen molar-refractivity contribution in [3.05, 3.63) is 48.0 Å². The summed E-state index contributed by atoms with van der Waals surface area (Å²) in [5.41, 5.74) is 1.34. The van der Waals surface area contributed by atoms with Crippen LogP contribution in [-0.2, 0) is 0 Å². The van der Waals surface area contributed by atoms with E-state index in [1.165, 1.54) is 5.56 Å². The molecule has 1 saturated heterocycles. The largest absolute Gasteiger partial charge is 0.338 e. The average Bonchev–Trinajstić information content (AvgIpc) is 3.26. The summed E-state index contributed by atoms with van der Waals surface area (Å²) < 4.78 is 0. The maximum Gasteiger partial charge on any atom is 0.317 e. The van der Waals surface area contributed by atoms with Crippen molar-refractivity contribution in [1.82, 2.24) is 15.1 Å². The predicted octanol–water partition coefficient (Wildman–Crippen LogP) is 2.84. The number of likely N-dealkylation sites (tertiary alicyclic amines) is 1. The van der Waals surface area contributed by atoms with Crippen molar-refractivity contribution in [3.8, 4) is 0 Å². The molecule has 2 aliphatic heterocycles. The Balaban J connectivity index is 1.38. The van der Waals surface area contributed by atoms with Crippen molar-refractivity contribution in [2.45, 2.75) is 31.7 Å². The molecule has 1 aromatic carbocycles. The molecule has 4 heteroatoms. The van der Waals surface area contributed by atoms with E-state index in [0.717, 1.165) is 45.6 Å². The lowest BCUT2D eigenvalue weighted by molar-refractivity contribution is 0.200. The molecule has 1 N–H and O–H groups in total. The second-order valence-corrected chi connectivity index (χ2v) is 6.65. The van der Waals surface area contributed by atoms with Gasteiger partial charge in [-0.15, -0.1) is 0 Å². The number of nitrogens with zero attached hydrogens (tertiary/aromatic N) is 2. The molecular formula is C19H27N3O. The number of amides is 2. The third-order valence-electron chi connectivity index (χ3n) is 5.04. The smallest absolute Gasteiger partial charge is 0.317 e. The molecule has 2 amide bonds. The molecule has 0 spiro atoms. The Morgan fingerprint density at radius 1 is 1.26 bits per heavy atom. The fourth-order valence-electron chi connectivity index (χ4n) is 3.47. The third kappa shape index (κ3) is 4.14. The van der Waals surface area contributed by atoms with Gasteiger partial charge in [-0.2, -0.15) is 0 Å². The second-order valence-electron chi connectivity index (χ2n) is 6.65. The molecule has 1 fully saturated rings. The van der Waals surface area contributed by atoms with Gasteiger partial charge in [-0.1, -0.05) is 49.4 Å². The lowest BCUT2D eigenvalue weighted by atomic mass is 9.98. The number of hydrogen-bond acceptors (Lipinski definition) is 2. The Kier molecular flexibility index (Phi) is 5.34. The summed E-state index contributed by atoms with van der Waals surface area (Å²) in [4.78, 5) is 16.7. The number of carbonyl (C=O) groups is 1. The Morgan fingerprint density at radius 2 is 2.00 bits per heavy atom. The Morgan fingerprint density at radius 3 is 2.74 bits per heavy atom. The van der Waals surface area contributed by atoms with Gasteiger partial charge >= 0.3 is 6.03 Å². The van der Waals surface area contributed by atoms with Gasteiger partial charge in [-0.25, -0.2) is 4.79 Å². The van der Waals surface area contributed by atoms with E-state index in [1.54, 1.807) is 0 Å². The summed E-state index contributed by atoms with van der Waals surface area (Å²) >= 11 is 0. The number of benzene rings is 1. The fourth-order valence-corrected chi connectivity index (χ4v) is 3.47. The molecule has 0 unspecified atom stereocenters. The highest BCUT2D eigenvalue weighted by atomic mass is 16.2. The van der Waals surface area contributed by atoms with Crippen molar-refractivity contribution >= 4 is 6.03 Å². The third-order valence-corrected chi connectivity index (χ3v) is 5.04. The monoisotopic (exact) mass is 313 g/mol. The van der Waals surface area contributed by atoms with E-state index in [4.69, 9.17) is 0 Å². The quantitative estimate of drug-likeness (QED) is 0.849. The molecule has 2 aliphatic rings. The molecular weight excluding hydrogens is 286 g/mol. The molecule has 0 radical (unpaired) electrons. The van der Waals surface area contributed by atoms with Gasteiger partial charge in [0.15, 0.2) is 0 Å². The number of hydrogen-bond donors (Lipinski definition) is 1. The standard InChI is InChI=1S/C19H27N3O/c1-16(17-7-3-2-4-8-17)9-11-20-19(23)22-14-10-18(15-22)21-12-5-6-13-21/h2-8,16,18H,9-15H2,1H3,(H,20,23)/t16-,18-/m0/s1. The zero-order valence-electron chi connectivity index (χ0n) is 13.9. The lowest BCUT2D eigenvalue weighted by Gasteiger charge is -2.24. The van der Waals surface area contributed by atoms with Crippen LogP contribution in [0.15, 0.2) is 42.5 Å². The van der Waals surface area contributed by atoms with Crippen LogP contribution in [0.2, 0.25) is 0 Å². The van der Waals surface area contributed by atoms with Crippen LogP contribution in [-0.4, -0.2) is 54.6 Å². The van der Waals surface area contributed by atoms with Crippen molar-refractivity contribution in [2.75, 3.05) is 32.7 Å². The van der Waals surface area contributed by atoms with E-state index in [2.05, 4.69) is 53.6 Å². The highest BCUT2D eigenvalue weighted by molar-refractivity contribution is 5.74. The van der Waals surface area contributed by atoms with Crippen LogP contribution < -0.4 is 5.32 Å². The molecule has 3 rings (SSSR count). The van der Waals surface area contributed by atoms with Crippen molar-refractivity contribution in [2.24, 2.45) is 0 Å². The van der Waals surface area contributed by atoms with E-state index in [9.17, 15) is 4.79 Å². The number of urea groups is 1. The van der Waals surface area contributed by atoms with E-state index in [1.807, 2.05) is 11.0 Å². The Labute approximate surface area is 139 Å². The molecule has 0 aliphatic carbocycles. The molecule has 4 nitrogen and oxygen atoms in total. The van der Waals surface area contributed by atoms with Crippen LogP contribution in [0.3, 0.4) is 0 Å². The summed E-state index contributed by atoms with van der Waals surface area (Å²) in [5.74, 6) is 0.471. The summed E-state index contributed by atoms with van der Waals surface area (Å²) in [7, 11) is 0. The van der Waals surface area contributed by atoms with Crippen LogP contribution in [0.1, 0.15) is 31.2 Å². The highest BCUT2D eigenvalue weighted by Crippen LogP contribution is 2.19. The molecule has 1 aromatic rings. The summed E-state index contributed by atoms with van der Waals surface area (Å²) in [6.45, 7) is 6.77. The van der Waals surface area contributed by atoms with E-state index >= 15 is 0 Å². The van der Waals surface area contributed by atoms with Gasteiger partial charge in [0.2, 0.25) is 0 Å². The highest BCUT2D eigenvalue weighted by Gasteiger charge is 2.30. The van der Waals surface area contributed by atoms with Gasteiger partial charge in [-0.3, -0.25) is 4.90 Å². The van der Waals surface area contributed by atoms with Gasteiger partial charge in [0, 0.05) is 38.8 Å². The van der Waals surface area contributed by atoms with Gasteiger partial charge in [0.25, 0.3) is 0 Å². The maximum absolute atomic E-state index is 12.3. The summed E-state index contributed by atoms with van der Waals surface area (Å²) in [5, 5.41) is 3.09. The zero-order valence-corrected chi connectivity index (χ0v) is 13.9. The minimum Gasteiger partial charge on any atom is -0.338 e. The lowest BCUT2D eigenvalue weighted by Crippen LogP contribution is -2.42. The van der Waals surface area contributed by atoms with Gasteiger partial charge in [0.1, 0.15) is 0 Å². The Bertz CT molecular complexity index is 535. The molecule has 124 valence electrons. The van der Waals surface area contributed by atoms with Crippen LogP contribution in [0, 0.1) is 0 Å². The molecule has 2 atom stereocenters. The SMILES string of the molecule is C[C@@H](CCNC(=O)N1CC[C@H](N2CC=CC2)C1)c1ccccc1. The van der Waals surface area contributed by atoms with Crippen molar-refractivity contribution < 1.29 is 4.79 Å². The topological polar surface area (TPSA) is 35.6 Å². The van der Waals surface area contributed by atoms with E-state index in [-0.39, 0.29) is 6.03 Å². The minimum absolute atomic E-state index is 0.0971. The molecule has 0 saturated carbocycles. The molecule has 2 heterocycles. The summed E-state index contributed by atoms with van der Waals surface area (Å²) in [6, 6.07) is 11.1. The summed E-state index contributed by atoms with van der Waals surface area (Å²) in [6.07, 6.45) is 6.50. The first-order valence-electron chi connectivity index (χ1n) is 8.71. The first-order valence-corrected chi connectivity index (χ1v) is 8.71. The molecule has 23 heavy (non-hydrogen) atoms. The fraction of sp³-hybridized carbons (Fsp3) is 0.526. The minimum atomic E-state index is 0.0971. The molecule has 0 bridgehead atoms. The van der Waals surface area contributed by atoms with Gasteiger partial charge in [0.05, 0.1) is 0 Å². The van der Waals surface area contributed by atoms with Crippen LogP contribution in [0.25, 0.3) is 0 Å². The van der Waals surface area contributed by atoms with Crippen molar-refractivity contribution in [1.29, 1.82) is 0 Å². The number of carbonyl (C=O) groups excluding carboxylic acids is 1. The predicted molar refractivity (Wildman–Crippen MR) is 93.6 cm³/mol. The van der Waals surface area contributed by atoms with Crippen LogP contribution in [0.4, 0.5) is 4.79 Å². The van der Waals surface area contributed by atoms with E-state index < -0.39 is 0 Å². The Hall–Kier alpha value is -1.81. The molecule has 0 aromatic heterocycles. The number of rotatable bonds is 5.